The normalized spacial score (nSPS) is 10.7. The van der Waals surface area contributed by atoms with Gasteiger partial charge in [0, 0.05) is 18.5 Å². The molecule has 0 radical (unpaired) electrons. The molecule has 3 aromatic rings. The maximum absolute atomic E-state index is 12.1. The van der Waals surface area contributed by atoms with Crippen LogP contribution in [0.1, 0.15) is 25.1 Å². The Kier molecular flexibility index (Phi) is 8.22. The molecular formula is C24H30N2O5. The predicted molar refractivity (Wildman–Crippen MR) is 121 cm³/mol. The van der Waals surface area contributed by atoms with Gasteiger partial charge in [0.2, 0.25) is 0 Å². The van der Waals surface area contributed by atoms with E-state index in [-0.39, 0.29) is 12.2 Å². The molecule has 0 aliphatic heterocycles. The molecular weight excluding hydrogens is 396 g/mol. The van der Waals surface area contributed by atoms with Crippen molar-refractivity contribution in [2.75, 3.05) is 20.8 Å². The lowest BCUT2D eigenvalue weighted by molar-refractivity contribution is 0.0276. The molecule has 0 aliphatic rings. The SMILES string of the molecule is COc1cc(-n2ccnc(C)c2=O)ccc1OCC(C)(C)O.COc1ccc(C)cc1. The lowest BCUT2D eigenvalue weighted by atomic mass is 10.2. The lowest BCUT2D eigenvalue weighted by Crippen LogP contribution is -2.28. The largest absolute Gasteiger partial charge is 0.497 e. The van der Waals surface area contributed by atoms with E-state index in [2.05, 4.69) is 11.9 Å². The molecule has 7 heteroatoms. The van der Waals surface area contributed by atoms with Crippen molar-refractivity contribution in [1.82, 2.24) is 9.55 Å². The summed E-state index contributed by atoms with van der Waals surface area (Å²) < 4.78 is 17.3. The third-order valence-corrected chi connectivity index (χ3v) is 4.28. The van der Waals surface area contributed by atoms with Crippen LogP contribution < -0.4 is 19.8 Å². The number of methoxy groups -OCH3 is 2. The van der Waals surface area contributed by atoms with Crippen molar-refractivity contribution in [2.24, 2.45) is 0 Å². The molecule has 0 bridgehead atoms. The van der Waals surface area contributed by atoms with Crippen LogP contribution in [0.3, 0.4) is 0 Å². The number of aryl methyl sites for hydroxylation is 2. The molecule has 31 heavy (non-hydrogen) atoms. The fraction of sp³-hybridized carbons (Fsp3) is 0.333. The summed E-state index contributed by atoms with van der Waals surface area (Å²) >= 11 is 0. The summed E-state index contributed by atoms with van der Waals surface area (Å²) in [6.07, 6.45) is 3.17. The molecule has 1 aromatic heterocycles. The van der Waals surface area contributed by atoms with Crippen LogP contribution in [-0.2, 0) is 0 Å². The molecule has 1 N–H and O–H groups in total. The Bertz CT molecular complexity index is 1040. The van der Waals surface area contributed by atoms with E-state index in [0.717, 1.165) is 5.75 Å². The van der Waals surface area contributed by atoms with Crippen molar-refractivity contribution >= 4 is 0 Å². The Morgan fingerprint density at radius 2 is 1.68 bits per heavy atom. The van der Waals surface area contributed by atoms with E-state index in [1.807, 2.05) is 24.3 Å². The van der Waals surface area contributed by atoms with Gasteiger partial charge < -0.3 is 19.3 Å². The summed E-state index contributed by atoms with van der Waals surface area (Å²) in [7, 11) is 3.20. The van der Waals surface area contributed by atoms with Gasteiger partial charge in [0.1, 0.15) is 18.1 Å². The Morgan fingerprint density at radius 3 is 2.26 bits per heavy atom. The molecule has 0 saturated heterocycles. The minimum Gasteiger partial charge on any atom is -0.497 e. The van der Waals surface area contributed by atoms with Gasteiger partial charge >= 0.3 is 0 Å². The minimum atomic E-state index is -0.942. The summed E-state index contributed by atoms with van der Waals surface area (Å²) in [4.78, 5) is 16.1. The quantitative estimate of drug-likeness (QED) is 0.647. The van der Waals surface area contributed by atoms with E-state index in [1.54, 1.807) is 58.5 Å². The third-order valence-electron chi connectivity index (χ3n) is 4.28. The van der Waals surface area contributed by atoms with E-state index in [0.29, 0.717) is 22.9 Å². The first kappa shape index (κ1) is 24.0. The monoisotopic (exact) mass is 426 g/mol. The molecule has 0 spiro atoms. The van der Waals surface area contributed by atoms with E-state index in [9.17, 15) is 9.90 Å². The highest BCUT2D eigenvalue weighted by Crippen LogP contribution is 2.29. The molecule has 3 rings (SSSR count). The highest BCUT2D eigenvalue weighted by atomic mass is 16.5. The highest BCUT2D eigenvalue weighted by Gasteiger charge is 2.16. The summed E-state index contributed by atoms with van der Waals surface area (Å²) in [5, 5.41) is 9.72. The van der Waals surface area contributed by atoms with Crippen LogP contribution in [0, 0.1) is 13.8 Å². The molecule has 166 valence electrons. The number of benzene rings is 2. The molecule has 0 unspecified atom stereocenters. The Balaban J connectivity index is 0.000000316. The molecule has 7 nitrogen and oxygen atoms in total. The van der Waals surface area contributed by atoms with Crippen LogP contribution >= 0.6 is 0 Å². The van der Waals surface area contributed by atoms with Crippen LogP contribution in [-0.4, -0.2) is 41.1 Å². The van der Waals surface area contributed by atoms with E-state index >= 15 is 0 Å². The van der Waals surface area contributed by atoms with Crippen molar-refractivity contribution in [3.05, 3.63) is 76.5 Å². The average molecular weight is 427 g/mol. The zero-order valence-corrected chi connectivity index (χ0v) is 18.9. The number of rotatable bonds is 6. The van der Waals surface area contributed by atoms with Gasteiger partial charge in [0.05, 0.1) is 25.5 Å². The second kappa shape index (κ2) is 10.6. The first-order valence-corrected chi connectivity index (χ1v) is 9.83. The van der Waals surface area contributed by atoms with E-state index in [4.69, 9.17) is 14.2 Å². The molecule has 0 saturated carbocycles. The molecule has 0 aliphatic carbocycles. The summed E-state index contributed by atoms with van der Waals surface area (Å²) in [6, 6.07) is 13.1. The summed E-state index contributed by atoms with van der Waals surface area (Å²) in [5.74, 6) is 1.91. The van der Waals surface area contributed by atoms with Gasteiger partial charge in [-0.05, 0) is 52.0 Å². The molecule has 1 heterocycles. The van der Waals surface area contributed by atoms with Crippen molar-refractivity contribution < 1.29 is 19.3 Å². The number of aliphatic hydroxyl groups is 1. The average Bonchev–Trinajstić information content (AvgIpc) is 2.74. The zero-order valence-electron chi connectivity index (χ0n) is 18.9. The van der Waals surface area contributed by atoms with Gasteiger partial charge in [-0.15, -0.1) is 0 Å². The fourth-order valence-corrected chi connectivity index (χ4v) is 2.57. The first-order chi connectivity index (χ1) is 14.6. The number of aromatic nitrogens is 2. The van der Waals surface area contributed by atoms with Crippen molar-refractivity contribution in [3.8, 4) is 22.9 Å². The minimum absolute atomic E-state index is 0.136. The number of nitrogens with zero attached hydrogens (tertiary/aromatic N) is 2. The van der Waals surface area contributed by atoms with E-state index in [1.165, 1.54) is 17.2 Å². The Hall–Kier alpha value is -3.32. The smallest absolute Gasteiger partial charge is 0.276 e. The van der Waals surface area contributed by atoms with Crippen LogP contribution in [0.4, 0.5) is 0 Å². The Morgan fingerprint density at radius 1 is 1.00 bits per heavy atom. The van der Waals surface area contributed by atoms with Crippen molar-refractivity contribution in [3.63, 3.8) is 0 Å². The first-order valence-electron chi connectivity index (χ1n) is 9.83. The number of hydrogen-bond acceptors (Lipinski definition) is 6. The summed E-state index contributed by atoms with van der Waals surface area (Å²) in [5.41, 5.74) is 1.21. The second-order valence-corrected chi connectivity index (χ2v) is 7.64. The van der Waals surface area contributed by atoms with Gasteiger partial charge in [0.25, 0.3) is 5.56 Å². The maximum Gasteiger partial charge on any atom is 0.276 e. The molecule has 0 amide bonds. The molecule has 2 aromatic carbocycles. The number of ether oxygens (including phenoxy) is 3. The zero-order chi connectivity index (χ0) is 23.0. The van der Waals surface area contributed by atoms with Gasteiger partial charge in [-0.3, -0.25) is 14.3 Å². The van der Waals surface area contributed by atoms with Crippen LogP contribution in [0.5, 0.6) is 17.2 Å². The Labute approximate surface area is 182 Å². The van der Waals surface area contributed by atoms with Crippen molar-refractivity contribution in [2.45, 2.75) is 33.3 Å². The maximum atomic E-state index is 12.1. The van der Waals surface area contributed by atoms with E-state index < -0.39 is 5.60 Å². The van der Waals surface area contributed by atoms with Crippen LogP contribution in [0.25, 0.3) is 5.69 Å². The number of hydrogen-bond donors (Lipinski definition) is 1. The molecule has 0 atom stereocenters. The van der Waals surface area contributed by atoms with Crippen LogP contribution in [0.2, 0.25) is 0 Å². The highest BCUT2D eigenvalue weighted by molar-refractivity contribution is 5.49. The van der Waals surface area contributed by atoms with Crippen LogP contribution in [0.15, 0.2) is 59.7 Å². The second-order valence-electron chi connectivity index (χ2n) is 7.64. The third kappa shape index (κ3) is 7.15. The van der Waals surface area contributed by atoms with Gasteiger partial charge in [-0.2, -0.15) is 0 Å². The van der Waals surface area contributed by atoms with Crippen molar-refractivity contribution in [1.29, 1.82) is 0 Å². The fourth-order valence-electron chi connectivity index (χ4n) is 2.57. The predicted octanol–water partition coefficient (Wildman–Crippen LogP) is 3.70. The van der Waals surface area contributed by atoms with Gasteiger partial charge in [0.15, 0.2) is 11.5 Å². The molecule has 0 fully saturated rings. The lowest BCUT2D eigenvalue weighted by Gasteiger charge is -2.19. The standard InChI is InChI=1S/C16H20N2O4.C8H10O/c1-11-15(19)18(8-7-17-11)12-5-6-13(14(9-12)21-4)22-10-16(2,3)20;1-7-3-5-8(9-2)6-4-7/h5-9,20H,10H2,1-4H3;3-6H,1-2H3. The van der Waals surface area contributed by atoms with Gasteiger partial charge in [-0.25, -0.2) is 0 Å². The topological polar surface area (TPSA) is 82.8 Å². The van der Waals surface area contributed by atoms with Gasteiger partial charge in [-0.1, -0.05) is 17.7 Å². The summed E-state index contributed by atoms with van der Waals surface area (Å²) in [6.45, 7) is 7.17.